The van der Waals surface area contributed by atoms with Gasteiger partial charge in [0.25, 0.3) is 5.91 Å². The Morgan fingerprint density at radius 2 is 1.56 bits per heavy atom. The van der Waals surface area contributed by atoms with Crippen molar-refractivity contribution in [1.82, 2.24) is 10.2 Å². The maximum atomic E-state index is 13.5. The quantitative estimate of drug-likeness (QED) is 0.202. The number of amides is 2. The number of benzene rings is 3. The van der Waals surface area contributed by atoms with Crippen LogP contribution in [0.5, 0.6) is 5.75 Å². The van der Waals surface area contributed by atoms with Crippen molar-refractivity contribution in [3.8, 4) is 5.75 Å². The standard InChI is InChI=1S/C33H41ClN4O5/c1-4-13-38(14-5-2)32(40)25-17-24(31(36)39)18-26(19-25)33(41)43-30(29(35)16-22-9-11-27(34)12-10-22)21-37-20-23-7-6-8-28(15-23)42-3/h6-12,15,17-19,29-30,37H,4-5,13-14,16,20-21,35H2,1-3H3,(H2,36,39)/t29-,30+/m0/s1. The van der Waals surface area contributed by atoms with E-state index in [4.69, 9.17) is 32.5 Å². The molecule has 3 aromatic rings. The molecule has 43 heavy (non-hydrogen) atoms. The van der Waals surface area contributed by atoms with E-state index in [2.05, 4.69) is 5.32 Å². The van der Waals surface area contributed by atoms with Crippen LogP contribution >= 0.6 is 11.6 Å². The van der Waals surface area contributed by atoms with E-state index < -0.39 is 24.0 Å². The van der Waals surface area contributed by atoms with E-state index in [1.54, 1.807) is 24.1 Å². The molecule has 0 heterocycles. The Labute approximate surface area is 258 Å². The van der Waals surface area contributed by atoms with Crippen molar-refractivity contribution in [1.29, 1.82) is 0 Å². The molecule has 0 bridgehead atoms. The summed E-state index contributed by atoms with van der Waals surface area (Å²) in [5.74, 6) is -1.01. The Morgan fingerprint density at radius 3 is 2.19 bits per heavy atom. The number of carbonyl (C=O) groups is 3. The number of hydrogen-bond donors (Lipinski definition) is 3. The van der Waals surface area contributed by atoms with E-state index in [1.807, 2.05) is 50.2 Å². The molecule has 2 atom stereocenters. The molecule has 0 aliphatic rings. The van der Waals surface area contributed by atoms with Crippen LogP contribution < -0.4 is 21.5 Å². The fraction of sp³-hybridized carbons (Fsp3) is 0.364. The highest BCUT2D eigenvalue weighted by Crippen LogP contribution is 2.18. The van der Waals surface area contributed by atoms with E-state index in [0.717, 1.165) is 29.7 Å². The second-order valence-electron chi connectivity index (χ2n) is 10.4. The summed E-state index contributed by atoms with van der Waals surface area (Å²) in [6, 6.07) is 18.6. The third-order valence-corrected chi connectivity index (χ3v) is 7.16. The lowest BCUT2D eigenvalue weighted by molar-refractivity contribution is 0.0238. The predicted octanol–water partition coefficient (Wildman–Crippen LogP) is 4.59. The minimum atomic E-state index is -0.753. The van der Waals surface area contributed by atoms with E-state index in [1.165, 1.54) is 18.2 Å². The average molecular weight is 609 g/mol. The van der Waals surface area contributed by atoms with E-state index in [0.29, 0.717) is 31.1 Å². The topological polar surface area (TPSA) is 137 Å². The molecule has 5 N–H and O–H groups in total. The molecule has 2 amide bonds. The smallest absolute Gasteiger partial charge is 0.338 e. The Balaban J connectivity index is 1.85. The molecule has 0 aliphatic carbocycles. The lowest BCUT2D eigenvalue weighted by atomic mass is 10.0. The first-order chi connectivity index (χ1) is 20.6. The van der Waals surface area contributed by atoms with Gasteiger partial charge in [-0.1, -0.05) is 49.7 Å². The van der Waals surface area contributed by atoms with Gasteiger partial charge >= 0.3 is 5.97 Å². The van der Waals surface area contributed by atoms with Crippen LogP contribution in [0.15, 0.2) is 66.7 Å². The summed E-state index contributed by atoms with van der Waals surface area (Å²) in [4.78, 5) is 40.7. The molecule has 0 aromatic heterocycles. The van der Waals surface area contributed by atoms with Gasteiger partial charge in [-0.3, -0.25) is 9.59 Å². The van der Waals surface area contributed by atoms with Crippen molar-refractivity contribution in [2.24, 2.45) is 11.5 Å². The summed E-state index contributed by atoms with van der Waals surface area (Å²) in [5.41, 5.74) is 14.4. The molecule has 0 saturated carbocycles. The van der Waals surface area contributed by atoms with Crippen molar-refractivity contribution in [2.45, 2.75) is 51.8 Å². The molecule has 3 rings (SSSR count). The van der Waals surface area contributed by atoms with Crippen molar-refractivity contribution < 1.29 is 23.9 Å². The highest BCUT2D eigenvalue weighted by Gasteiger charge is 2.25. The highest BCUT2D eigenvalue weighted by atomic mass is 35.5. The van der Waals surface area contributed by atoms with Gasteiger partial charge in [0.15, 0.2) is 0 Å². The zero-order valence-electron chi connectivity index (χ0n) is 25.0. The van der Waals surface area contributed by atoms with Crippen molar-refractivity contribution in [3.05, 3.63) is 99.6 Å². The number of nitrogens with two attached hydrogens (primary N) is 2. The molecule has 230 valence electrons. The molecule has 0 radical (unpaired) electrons. The summed E-state index contributed by atoms with van der Waals surface area (Å²) in [7, 11) is 1.61. The van der Waals surface area contributed by atoms with Crippen molar-refractivity contribution in [2.75, 3.05) is 26.7 Å². The number of esters is 1. The molecule has 9 nitrogen and oxygen atoms in total. The molecule has 0 aliphatic heterocycles. The van der Waals surface area contributed by atoms with Crippen LogP contribution in [0.4, 0.5) is 0 Å². The van der Waals surface area contributed by atoms with Gasteiger partial charge < -0.3 is 31.2 Å². The Kier molecular flexibility index (Phi) is 13.0. The largest absolute Gasteiger partial charge is 0.497 e. The number of ether oxygens (including phenoxy) is 2. The minimum Gasteiger partial charge on any atom is -0.497 e. The van der Waals surface area contributed by atoms with Crippen LogP contribution in [0.2, 0.25) is 5.02 Å². The van der Waals surface area contributed by atoms with Gasteiger partial charge in [-0.2, -0.15) is 0 Å². The molecular weight excluding hydrogens is 568 g/mol. The summed E-state index contributed by atoms with van der Waals surface area (Å²) in [6.45, 7) is 5.80. The van der Waals surface area contributed by atoms with Crippen molar-refractivity contribution >= 4 is 29.4 Å². The number of methoxy groups -OCH3 is 1. The summed E-state index contributed by atoms with van der Waals surface area (Å²) in [5, 5.41) is 3.93. The number of halogens is 1. The first-order valence-corrected chi connectivity index (χ1v) is 14.8. The second-order valence-corrected chi connectivity index (χ2v) is 10.8. The monoisotopic (exact) mass is 608 g/mol. The molecule has 0 spiro atoms. The normalized spacial score (nSPS) is 12.3. The third-order valence-electron chi connectivity index (χ3n) is 6.90. The Bertz CT molecular complexity index is 1380. The van der Waals surface area contributed by atoms with Crippen LogP contribution in [-0.4, -0.2) is 61.6 Å². The number of nitrogens with one attached hydrogen (secondary N) is 1. The lowest BCUT2D eigenvalue weighted by Crippen LogP contribution is -2.46. The molecule has 0 unspecified atom stereocenters. The van der Waals surface area contributed by atoms with Gasteiger partial charge in [0, 0.05) is 48.4 Å². The number of nitrogens with zero attached hydrogens (tertiary/aromatic N) is 1. The van der Waals surface area contributed by atoms with E-state index in [9.17, 15) is 14.4 Å². The fourth-order valence-electron chi connectivity index (χ4n) is 4.70. The van der Waals surface area contributed by atoms with Crippen LogP contribution in [0, 0.1) is 0 Å². The number of rotatable bonds is 16. The van der Waals surface area contributed by atoms with E-state index >= 15 is 0 Å². The number of primary amides is 1. The first kappa shape index (κ1) is 33.6. The van der Waals surface area contributed by atoms with Crippen LogP contribution in [0.25, 0.3) is 0 Å². The molecule has 0 fully saturated rings. The lowest BCUT2D eigenvalue weighted by Gasteiger charge is -2.25. The third kappa shape index (κ3) is 10.1. The number of carbonyl (C=O) groups excluding carboxylic acids is 3. The SMILES string of the molecule is CCCN(CCC)C(=O)c1cc(C(N)=O)cc(C(=O)O[C@H](CNCc2cccc(OC)c2)[C@@H](N)Cc2ccc(Cl)cc2)c1. The zero-order valence-corrected chi connectivity index (χ0v) is 25.7. The summed E-state index contributed by atoms with van der Waals surface area (Å²) >= 11 is 6.04. The first-order valence-electron chi connectivity index (χ1n) is 14.4. The molecule has 10 heteroatoms. The van der Waals surface area contributed by atoms with E-state index in [-0.39, 0.29) is 29.1 Å². The van der Waals surface area contributed by atoms with Crippen molar-refractivity contribution in [3.63, 3.8) is 0 Å². The fourth-order valence-corrected chi connectivity index (χ4v) is 4.83. The van der Waals surface area contributed by atoms with Crippen LogP contribution in [-0.2, 0) is 17.7 Å². The van der Waals surface area contributed by atoms with Gasteiger partial charge in [0.05, 0.1) is 12.7 Å². The maximum absolute atomic E-state index is 13.5. The van der Waals surface area contributed by atoms with Gasteiger partial charge in [-0.25, -0.2) is 4.79 Å². The van der Waals surface area contributed by atoms with Gasteiger partial charge in [-0.15, -0.1) is 0 Å². The Morgan fingerprint density at radius 1 is 0.907 bits per heavy atom. The second kappa shape index (κ2) is 16.6. The summed E-state index contributed by atoms with van der Waals surface area (Å²) in [6.07, 6.45) is 1.21. The number of hydrogen-bond acceptors (Lipinski definition) is 7. The Hall–Kier alpha value is -3.92. The average Bonchev–Trinajstić information content (AvgIpc) is 3.00. The zero-order chi connectivity index (χ0) is 31.4. The van der Waals surface area contributed by atoms with Crippen LogP contribution in [0.1, 0.15) is 68.9 Å². The summed E-state index contributed by atoms with van der Waals surface area (Å²) < 4.78 is 11.3. The maximum Gasteiger partial charge on any atom is 0.338 e. The molecule has 3 aromatic carbocycles. The molecular formula is C33H41ClN4O5. The highest BCUT2D eigenvalue weighted by molar-refractivity contribution is 6.30. The van der Waals surface area contributed by atoms with Gasteiger partial charge in [0.1, 0.15) is 11.9 Å². The van der Waals surface area contributed by atoms with Crippen LogP contribution in [0.3, 0.4) is 0 Å². The van der Waals surface area contributed by atoms with Gasteiger partial charge in [-0.05, 0) is 72.9 Å². The molecule has 0 saturated heterocycles. The predicted molar refractivity (Wildman–Crippen MR) is 168 cm³/mol. The minimum absolute atomic E-state index is 0.0453. The van der Waals surface area contributed by atoms with Gasteiger partial charge in [0.2, 0.25) is 5.91 Å².